The van der Waals surface area contributed by atoms with Crippen LogP contribution in [-0.4, -0.2) is 25.5 Å². The molecule has 0 heterocycles. The van der Waals surface area contributed by atoms with Crippen LogP contribution < -0.4 is 10.6 Å². The molecule has 1 aromatic carbocycles. The molecule has 0 aliphatic rings. The van der Waals surface area contributed by atoms with Gasteiger partial charge in [-0.25, -0.2) is 0 Å². The lowest BCUT2D eigenvalue weighted by Gasteiger charge is -2.04. The van der Waals surface area contributed by atoms with Crippen LogP contribution in [-0.2, 0) is 20.9 Å². The van der Waals surface area contributed by atoms with Crippen LogP contribution in [0, 0.1) is 11.3 Å². The quantitative estimate of drug-likeness (QED) is 0.447. The molecule has 0 atom stereocenters. The molecule has 0 bridgehead atoms. The van der Waals surface area contributed by atoms with Crippen molar-refractivity contribution in [1.82, 2.24) is 10.6 Å². The zero-order chi connectivity index (χ0) is 14.8. The highest BCUT2D eigenvalue weighted by Gasteiger charge is 2.08. The second-order valence-corrected chi connectivity index (χ2v) is 3.80. The predicted molar refractivity (Wildman–Crippen MR) is 72.0 cm³/mol. The number of hydrogen-bond acceptors (Lipinski definition) is 5. The van der Waals surface area contributed by atoms with Crippen molar-refractivity contribution in [1.29, 1.82) is 5.26 Å². The Kier molecular flexibility index (Phi) is 6.34. The molecule has 1 rings (SSSR count). The van der Waals surface area contributed by atoms with Gasteiger partial charge in [0, 0.05) is 12.7 Å². The second-order valence-electron chi connectivity index (χ2n) is 3.80. The van der Waals surface area contributed by atoms with Gasteiger partial charge in [0.1, 0.15) is 18.2 Å². The van der Waals surface area contributed by atoms with E-state index in [1.807, 2.05) is 30.3 Å². The van der Waals surface area contributed by atoms with E-state index in [2.05, 4.69) is 15.4 Å². The van der Waals surface area contributed by atoms with Gasteiger partial charge in [0.25, 0.3) is 5.91 Å². The number of nitrogens with one attached hydrogen (secondary N) is 2. The van der Waals surface area contributed by atoms with Crippen LogP contribution in [0.1, 0.15) is 5.56 Å². The summed E-state index contributed by atoms with van der Waals surface area (Å²) >= 11 is 0. The smallest absolute Gasteiger partial charge is 0.325 e. The van der Waals surface area contributed by atoms with Gasteiger partial charge in [0.05, 0.1) is 7.11 Å². The summed E-state index contributed by atoms with van der Waals surface area (Å²) < 4.78 is 4.42. The highest BCUT2D eigenvalue weighted by atomic mass is 16.5. The molecule has 0 saturated carbocycles. The molecule has 0 aliphatic heterocycles. The van der Waals surface area contributed by atoms with E-state index in [4.69, 9.17) is 5.26 Å². The first-order valence-electron chi connectivity index (χ1n) is 5.90. The van der Waals surface area contributed by atoms with Gasteiger partial charge >= 0.3 is 5.97 Å². The van der Waals surface area contributed by atoms with Crippen molar-refractivity contribution in [2.45, 2.75) is 6.54 Å². The molecule has 0 saturated heterocycles. The summed E-state index contributed by atoms with van der Waals surface area (Å²) in [7, 11) is 1.26. The van der Waals surface area contributed by atoms with Gasteiger partial charge in [-0.15, -0.1) is 0 Å². The summed E-state index contributed by atoms with van der Waals surface area (Å²) in [6.45, 7) is 0.226. The second kappa shape index (κ2) is 8.32. The van der Waals surface area contributed by atoms with E-state index in [0.717, 1.165) is 5.56 Å². The molecule has 0 unspecified atom stereocenters. The highest BCUT2D eigenvalue weighted by Crippen LogP contribution is 1.98. The molecule has 0 aliphatic carbocycles. The zero-order valence-electron chi connectivity index (χ0n) is 11.1. The van der Waals surface area contributed by atoms with Gasteiger partial charge in [-0.1, -0.05) is 30.3 Å². The maximum Gasteiger partial charge on any atom is 0.325 e. The van der Waals surface area contributed by atoms with Gasteiger partial charge in [-0.2, -0.15) is 5.26 Å². The van der Waals surface area contributed by atoms with Crippen molar-refractivity contribution in [3.05, 3.63) is 47.7 Å². The normalized spacial score (nSPS) is 10.3. The third kappa shape index (κ3) is 5.23. The third-order valence-corrected chi connectivity index (χ3v) is 2.38. The van der Waals surface area contributed by atoms with Crippen LogP contribution in [0.4, 0.5) is 0 Å². The number of carbonyl (C=O) groups is 2. The monoisotopic (exact) mass is 273 g/mol. The van der Waals surface area contributed by atoms with Gasteiger partial charge in [0.15, 0.2) is 0 Å². The molecule has 0 aromatic heterocycles. The number of nitrogens with zero attached hydrogens (tertiary/aromatic N) is 1. The maximum absolute atomic E-state index is 11.7. The minimum Gasteiger partial charge on any atom is -0.468 e. The Bertz CT molecular complexity index is 532. The average Bonchev–Trinajstić information content (AvgIpc) is 2.50. The van der Waals surface area contributed by atoms with Gasteiger partial charge in [-0.05, 0) is 5.56 Å². The van der Waals surface area contributed by atoms with Gasteiger partial charge in [0.2, 0.25) is 0 Å². The minimum atomic E-state index is -0.506. The molecular weight excluding hydrogens is 258 g/mol. The van der Waals surface area contributed by atoms with Crippen molar-refractivity contribution in [2.75, 3.05) is 13.7 Å². The third-order valence-electron chi connectivity index (χ3n) is 2.38. The van der Waals surface area contributed by atoms with E-state index >= 15 is 0 Å². The molecule has 6 heteroatoms. The lowest BCUT2D eigenvalue weighted by atomic mass is 10.2. The number of esters is 1. The Morgan fingerprint density at radius 3 is 2.65 bits per heavy atom. The lowest BCUT2D eigenvalue weighted by molar-refractivity contribution is -0.139. The first kappa shape index (κ1) is 15.2. The molecule has 6 nitrogen and oxygen atoms in total. The fourth-order valence-corrected chi connectivity index (χ4v) is 1.33. The SMILES string of the molecule is COC(=O)CN/C=C(/C#N)C(=O)NCc1ccccc1. The summed E-state index contributed by atoms with van der Waals surface area (Å²) in [4.78, 5) is 22.6. The number of nitriles is 1. The van der Waals surface area contributed by atoms with Crippen LogP contribution in [0.25, 0.3) is 0 Å². The minimum absolute atomic E-state index is 0.104. The molecular formula is C14H15N3O3. The first-order chi connectivity index (χ1) is 9.67. The van der Waals surface area contributed by atoms with Crippen molar-refractivity contribution >= 4 is 11.9 Å². The lowest BCUT2D eigenvalue weighted by Crippen LogP contribution is -2.26. The van der Waals surface area contributed by atoms with E-state index in [1.165, 1.54) is 13.3 Å². The molecule has 0 spiro atoms. The van der Waals surface area contributed by atoms with Crippen molar-refractivity contribution in [3.63, 3.8) is 0 Å². The average molecular weight is 273 g/mol. The summed E-state index contributed by atoms with van der Waals surface area (Å²) in [5.74, 6) is -0.989. The fraction of sp³-hybridized carbons (Fsp3) is 0.214. The highest BCUT2D eigenvalue weighted by molar-refractivity contribution is 5.97. The number of ether oxygens (including phenoxy) is 1. The topological polar surface area (TPSA) is 91.2 Å². The Balaban J connectivity index is 2.49. The summed E-state index contributed by atoms with van der Waals surface area (Å²) in [5, 5.41) is 14.0. The first-order valence-corrected chi connectivity index (χ1v) is 5.90. The molecule has 20 heavy (non-hydrogen) atoms. The molecule has 1 amide bonds. The number of hydrogen-bond donors (Lipinski definition) is 2. The Hall–Kier alpha value is -2.81. The number of amides is 1. The van der Waals surface area contributed by atoms with E-state index in [9.17, 15) is 9.59 Å². The van der Waals surface area contributed by atoms with Crippen LogP contribution in [0.5, 0.6) is 0 Å². The molecule has 0 fully saturated rings. The maximum atomic E-state index is 11.7. The van der Waals surface area contributed by atoms with Crippen LogP contribution in [0.3, 0.4) is 0 Å². The zero-order valence-corrected chi connectivity index (χ0v) is 11.1. The van der Waals surface area contributed by atoms with Crippen LogP contribution in [0.15, 0.2) is 42.1 Å². The Morgan fingerprint density at radius 1 is 1.35 bits per heavy atom. The number of rotatable bonds is 6. The van der Waals surface area contributed by atoms with Crippen molar-refractivity contribution in [3.8, 4) is 6.07 Å². The summed E-state index contributed by atoms with van der Waals surface area (Å²) in [6, 6.07) is 11.1. The number of methoxy groups -OCH3 is 1. The molecule has 104 valence electrons. The Labute approximate surface area is 117 Å². The van der Waals surface area contributed by atoms with Gasteiger partial charge in [-0.3, -0.25) is 9.59 Å². The Morgan fingerprint density at radius 2 is 2.05 bits per heavy atom. The number of carbonyl (C=O) groups excluding carboxylic acids is 2. The van der Waals surface area contributed by atoms with E-state index in [0.29, 0.717) is 6.54 Å². The molecule has 2 N–H and O–H groups in total. The predicted octanol–water partition coefficient (Wildman–Crippen LogP) is 0.473. The van der Waals surface area contributed by atoms with Crippen molar-refractivity contribution < 1.29 is 14.3 Å². The van der Waals surface area contributed by atoms with Crippen LogP contribution >= 0.6 is 0 Å². The van der Waals surface area contributed by atoms with E-state index in [1.54, 1.807) is 6.07 Å². The summed E-state index contributed by atoms with van der Waals surface area (Å²) in [5.41, 5.74) is 0.825. The van der Waals surface area contributed by atoms with Crippen molar-refractivity contribution in [2.24, 2.45) is 0 Å². The fourth-order valence-electron chi connectivity index (χ4n) is 1.33. The summed E-state index contributed by atoms with van der Waals surface area (Å²) in [6.07, 6.45) is 1.19. The van der Waals surface area contributed by atoms with Gasteiger partial charge < -0.3 is 15.4 Å². The largest absolute Gasteiger partial charge is 0.468 e. The number of benzene rings is 1. The standard InChI is InChI=1S/C14H15N3O3/c1-20-13(18)10-16-9-12(7-15)14(19)17-8-11-5-3-2-4-6-11/h2-6,9,16H,8,10H2,1H3,(H,17,19)/b12-9-. The van der Waals surface area contributed by atoms with E-state index in [-0.39, 0.29) is 12.1 Å². The van der Waals surface area contributed by atoms with Crippen LogP contribution in [0.2, 0.25) is 0 Å². The molecule has 0 radical (unpaired) electrons. The van der Waals surface area contributed by atoms with E-state index < -0.39 is 11.9 Å². The molecule has 1 aromatic rings.